The topological polar surface area (TPSA) is 65.0 Å². The summed E-state index contributed by atoms with van der Waals surface area (Å²) in [4.78, 5) is 15.2. The summed E-state index contributed by atoms with van der Waals surface area (Å²) >= 11 is 1.83. The highest BCUT2D eigenvalue weighted by Crippen LogP contribution is 2.41. The molecule has 5 nitrogen and oxygen atoms in total. The lowest BCUT2D eigenvalue weighted by Gasteiger charge is -2.09. The number of rotatable bonds is 5. The standard InChI is InChI=1S/C51H29N3O2S/c1-3-11-30(12-4-1)35-16-10-19-42-47(35)40-26-23-34(28-44(40)55-42)50-52-49(31-13-5-2-6-14-31)53-51(54-50)41-18-9-17-39-36-24-21-32(27-43(36)56-48(39)41)33-22-25-38-37-15-7-8-20-45(37)57-46(38)29-33/h1-29H. The van der Waals surface area contributed by atoms with Gasteiger partial charge in [0.15, 0.2) is 17.5 Å². The molecule has 0 fully saturated rings. The van der Waals surface area contributed by atoms with Gasteiger partial charge in [-0.05, 0) is 70.8 Å². The van der Waals surface area contributed by atoms with Crippen LogP contribution in [0.1, 0.15) is 0 Å². The highest BCUT2D eigenvalue weighted by atomic mass is 32.1. The molecule has 0 saturated heterocycles. The lowest BCUT2D eigenvalue weighted by Crippen LogP contribution is -2.00. The molecule has 12 rings (SSSR count). The minimum Gasteiger partial charge on any atom is -0.456 e. The molecule has 0 spiro atoms. The van der Waals surface area contributed by atoms with Gasteiger partial charge in [0, 0.05) is 52.8 Å². The zero-order valence-electron chi connectivity index (χ0n) is 30.3. The average molecular weight is 748 g/mol. The monoisotopic (exact) mass is 747 g/mol. The number of hydrogen-bond acceptors (Lipinski definition) is 6. The molecule has 6 heteroatoms. The minimum absolute atomic E-state index is 0.537. The van der Waals surface area contributed by atoms with Crippen LogP contribution in [0.5, 0.6) is 0 Å². The van der Waals surface area contributed by atoms with Gasteiger partial charge in [0.1, 0.15) is 22.3 Å². The van der Waals surface area contributed by atoms with Gasteiger partial charge < -0.3 is 8.83 Å². The minimum atomic E-state index is 0.537. The Labute approximate surface area is 330 Å². The van der Waals surface area contributed by atoms with E-state index in [1.54, 1.807) is 0 Å². The van der Waals surface area contributed by atoms with E-state index in [1.165, 1.54) is 20.2 Å². The molecule has 0 unspecified atom stereocenters. The zero-order chi connectivity index (χ0) is 37.5. The first-order valence-corrected chi connectivity index (χ1v) is 19.7. The number of benzene rings is 8. The summed E-state index contributed by atoms with van der Waals surface area (Å²) in [6.07, 6.45) is 0. The second-order valence-electron chi connectivity index (χ2n) is 14.3. The van der Waals surface area contributed by atoms with Crippen LogP contribution >= 0.6 is 11.3 Å². The maximum absolute atomic E-state index is 6.75. The zero-order valence-corrected chi connectivity index (χ0v) is 31.1. The molecule has 4 aromatic heterocycles. The molecule has 0 N–H and O–H groups in total. The molecule has 0 saturated carbocycles. The Kier molecular flexibility index (Phi) is 7.03. The maximum Gasteiger partial charge on any atom is 0.167 e. The lowest BCUT2D eigenvalue weighted by molar-refractivity contribution is 0.668. The molecule has 266 valence electrons. The summed E-state index contributed by atoms with van der Waals surface area (Å²) in [7, 11) is 0. The Balaban J connectivity index is 0.994. The number of furan rings is 2. The summed E-state index contributed by atoms with van der Waals surface area (Å²) in [5, 5.41) is 6.77. The molecular weight excluding hydrogens is 719 g/mol. The molecule has 4 heterocycles. The predicted molar refractivity (Wildman–Crippen MR) is 234 cm³/mol. The third-order valence-electron chi connectivity index (χ3n) is 11.0. The molecule has 0 aliphatic carbocycles. The highest BCUT2D eigenvalue weighted by molar-refractivity contribution is 7.25. The summed E-state index contributed by atoms with van der Waals surface area (Å²) in [6, 6.07) is 60.9. The van der Waals surface area contributed by atoms with Gasteiger partial charge in [-0.1, -0.05) is 127 Å². The van der Waals surface area contributed by atoms with Gasteiger partial charge >= 0.3 is 0 Å². The number of nitrogens with zero attached hydrogens (tertiary/aromatic N) is 3. The van der Waals surface area contributed by atoms with Crippen molar-refractivity contribution < 1.29 is 8.83 Å². The summed E-state index contributed by atoms with van der Waals surface area (Å²) in [6.45, 7) is 0. The van der Waals surface area contributed by atoms with Gasteiger partial charge in [0.25, 0.3) is 0 Å². The fourth-order valence-corrected chi connectivity index (χ4v) is 9.37. The van der Waals surface area contributed by atoms with Gasteiger partial charge in [-0.2, -0.15) is 0 Å². The van der Waals surface area contributed by atoms with Crippen molar-refractivity contribution in [1.82, 2.24) is 15.0 Å². The molecule has 57 heavy (non-hydrogen) atoms. The smallest absolute Gasteiger partial charge is 0.167 e. The van der Waals surface area contributed by atoms with Crippen molar-refractivity contribution in [2.24, 2.45) is 0 Å². The van der Waals surface area contributed by atoms with Crippen molar-refractivity contribution in [2.75, 3.05) is 0 Å². The van der Waals surface area contributed by atoms with Crippen molar-refractivity contribution in [3.8, 4) is 56.4 Å². The lowest BCUT2D eigenvalue weighted by atomic mass is 9.99. The average Bonchev–Trinajstić information content (AvgIpc) is 3.97. The quantitative estimate of drug-likeness (QED) is 0.175. The van der Waals surface area contributed by atoms with Gasteiger partial charge in [-0.3, -0.25) is 0 Å². The number of fused-ring (bicyclic) bond motifs is 9. The summed E-state index contributed by atoms with van der Waals surface area (Å²) in [5.74, 6) is 1.67. The van der Waals surface area contributed by atoms with Gasteiger partial charge in [-0.25, -0.2) is 15.0 Å². The van der Waals surface area contributed by atoms with Crippen LogP contribution in [0.25, 0.3) is 120 Å². The molecule has 12 aromatic rings. The van der Waals surface area contributed by atoms with Crippen molar-refractivity contribution in [3.63, 3.8) is 0 Å². The highest BCUT2D eigenvalue weighted by Gasteiger charge is 2.20. The van der Waals surface area contributed by atoms with Gasteiger partial charge in [-0.15, -0.1) is 11.3 Å². The molecule has 8 aromatic carbocycles. The summed E-state index contributed by atoms with van der Waals surface area (Å²) < 4.78 is 15.8. The van der Waals surface area contributed by atoms with E-state index in [2.05, 4.69) is 109 Å². The molecule has 0 amide bonds. The number of aromatic nitrogens is 3. The second kappa shape index (κ2) is 12.6. The molecular formula is C51H29N3O2S. The van der Waals surface area contributed by atoms with E-state index in [1.807, 2.05) is 78.1 Å². The van der Waals surface area contributed by atoms with Crippen LogP contribution in [0, 0.1) is 0 Å². The SMILES string of the molecule is c1ccc(-c2nc(-c3ccc4c(c3)oc3cccc(-c5ccccc5)c34)nc(-c3cccc4c3oc3cc(-c5ccc6c(c5)sc5ccccc56)ccc34)n2)cc1. The molecule has 0 bridgehead atoms. The third kappa shape index (κ3) is 5.19. The van der Waals surface area contributed by atoms with Crippen LogP contribution in [0.2, 0.25) is 0 Å². The van der Waals surface area contributed by atoms with E-state index in [0.29, 0.717) is 17.5 Å². The predicted octanol–water partition coefficient (Wildman–Crippen LogP) is 14.4. The number of para-hydroxylation sites is 1. The van der Waals surface area contributed by atoms with Crippen molar-refractivity contribution >= 4 is 75.4 Å². The maximum atomic E-state index is 6.75. The Morgan fingerprint density at radius 2 is 0.930 bits per heavy atom. The third-order valence-corrected chi connectivity index (χ3v) is 12.1. The normalized spacial score (nSPS) is 11.9. The van der Waals surface area contributed by atoms with Gasteiger partial charge in [0.05, 0.1) is 5.56 Å². The van der Waals surface area contributed by atoms with Crippen LogP contribution in [-0.2, 0) is 0 Å². The van der Waals surface area contributed by atoms with Crippen molar-refractivity contribution in [3.05, 3.63) is 176 Å². The van der Waals surface area contributed by atoms with Crippen molar-refractivity contribution in [2.45, 2.75) is 0 Å². The Morgan fingerprint density at radius 3 is 1.79 bits per heavy atom. The van der Waals surface area contributed by atoms with Crippen LogP contribution < -0.4 is 0 Å². The van der Waals surface area contributed by atoms with E-state index in [4.69, 9.17) is 23.8 Å². The first kappa shape index (κ1) is 31.9. The van der Waals surface area contributed by atoms with E-state index in [0.717, 1.165) is 82.8 Å². The van der Waals surface area contributed by atoms with E-state index in [9.17, 15) is 0 Å². The Bertz CT molecular complexity index is 3530. The van der Waals surface area contributed by atoms with Crippen LogP contribution in [-0.4, -0.2) is 15.0 Å². The molecule has 0 aliphatic heterocycles. The Hall–Kier alpha value is -7.41. The fraction of sp³-hybridized carbons (Fsp3) is 0. The largest absolute Gasteiger partial charge is 0.456 e. The van der Waals surface area contributed by atoms with E-state index in [-0.39, 0.29) is 0 Å². The Morgan fingerprint density at radius 1 is 0.333 bits per heavy atom. The number of hydrogen-bond donors (Lipinski definition) is 0. The van der Waals surface area contributed by atoms with Gasteiger partial charge in [0.2, 0.25) is 0 Å². The fourth-order valence-electron chi connectivity index (χ4n) is 8.22. The van der Waals surface area contributed by atoms with E-state index < -0.39 is 0 Å². The second-order valence-corrected chi connectivity index (χ2v) is 15.4. The van der Waals surface area contributed by atoms with Crippen molar-refractivity contribution in [1.29, 1.82) is 0 Å². The number of thiophene rings is 1. The van der Waals surface area contributed by atoms with Crippen LogP contribution in [0.4, 0.5) is 0 Å². The van der Waals surface area contributed by atoms with E-state index >= 15 is 0 Å². The first-order valence-electron chi connectivity index (χ1n) is 18.9. The molecule has 0 radical (unpaired) electrons. The van der Waals surface area contributed by atoms with Crippen LogP contribution in [0.15, 0.2) is 185 Å². The first-order chi connectivity index (χ1) is 28.2. The molecule has 0 aliphatic rings. The molecule has 0 atom stereocenters. The van der Waals surface area contributed by atoms with Crippen LogP contribution in [0.3, 0.4) is 0 Å². The summed E-state index contributed by atoms with van der Waals surface area (Å²) in [5.41, 5.74) is 10.2.